The van der Waals surface area contributed by atoms with Crippen LogP contribution in [0.2, 0.25) is 0 Å². The molecule has 2 saturated carbocycles. The van der Waals surface area contributed by atoms with Gasteiger partial charge in [-0.15, -0.1) is 0 Å². The zero-order chi connectivity index (χ0) is 18.1. The average molecular weight is 428 g/mol. The van der Waals surface area contributed by atoms with E-state index < -0.39 is 0 Å². The fourth-order valence-corrected chi connectivity index (χ4v) is 3.19. The summed E-state index contributed by atoms with van der Waals surface area (Å²) in [5.74, 6) is 0. The molecule has 25 heavy (non-hydrogen) atoms. The normalized spacial score (nSPS) is 30.5. The standard InChI is InChI=1S/C11H21O2.C9H17O.2V/c1-10(2)7-6-9(11(10,3)4)13-8-12-5;1-8(2)6-5-7(10)9(8,3)4;;/h7,9H,6,8H2,1-5H3;6-7,10H,5H2,1-4H3;;/q2*-1;;. The zero-order valence-electron chi connectivity index (χ0n) is 17.6. The van der Waals surface area contributed by atoms with Crippen molar-refractivity contribution in [2.45, 2.75) is 80.4 Å². The Morgan fingerprint density at radius 1 is 0.840 bits per heavy atom. The Hall–Kier alpha value is 1.05. The molecule has 2 aliphatic rings. The maximum atomic E-state index is 9.56. The van der Waals surface area contributed by atoms with Gasteiger partial charge in [-0.1, -0.05) is 55.4 Å². The van der Waals surface area contributed by atoms with Crippen LogP contribution in [0.4, 0.5) is 0 Å². The molecule has 0 aromatic heterocycles. The van der Waals surface area contributed by atoms with Gasteiger partial charge in [-0.3, -0.25) is 0 Å². The third-order valence-electron chi connectivity index (χ3n) is 7.04. The summed E-state index contributed by atoms with van der Waals surface area (Å²) in [5.41, 5.74) is 0.691. The predicted molar refractivity (Wildman–Crippen MR) is 95.7 cm³/mol. The molecular weight excluding hydrogens is 390 g/mol. The first kappa shape index (κ1) is 28.3. The summed E-state index contributed by atoms with van der Waals surface area (Å²) in [5, 5.41) is 9.56. The Balaban J connectivity index is 0. The van der Waals surface area contributed by atoms with E-state index in [4.69, 9.17) is 9.47 Å². The van der Waals surface area contributed by atoms with Crippen LogP contribution in [0.1, 0.15) is 68.2 Å². The monoisotopic (exact) mass is 428 g/mol. The van der Waals surface area contributed by atoms with Crippen molar-refractivity contribution < 1.29 is 51.7 Å². The SMILES string of the molecule is CC1(C)[CH-]CC(O)C1(C)C.COCOC1C[CH-]C(C)(C)C1(C)C.[V].[V]. The van der Waals surface area contributed by atoms with Crippen molar-refractivity contribution in [3.8, 4) is 0 Å². The van der Waals surface area contributed by atoms with Gasteiger partial charge >= 0.3 is 0 Å². The van der Waals surface area contributed by atoms with Crippen LogP contribution in [0.3, 0.4) is 0 Å². The Labute approximate surface area is 180 Å². The van der Waals surface area contributed by atoms with Crippen LogP contribution < -0.4 is 0 Å². The first-order valence-electron chi connectivity index (χ1n) is 8.77. The van der Waals surface area contributed by atoms with Gasteiger partial charge in [-0.2, -0.15) is 23.7 Å². The molecule has 148 valence electrons. The van der Waals surface area contributed by atoms with Gasteiger partial charge in [0.1, 0.15) is 6.79 Å². The topological polar surface area (TPSA) is 38.7 Å². The molecule has 0 saturated heterocycles. The van der Waals surface area contributed by atoms with Crippen molar-refractivity contribution in [1.29, 1.82) is 0 Å². The molecule has 0 amide bonds. The number of aliphatic hydroxyl groups excluding tert-OH is 1. The molecule has 1 N–H and O–H groups in total. The van der Waals surface area contributed by atoms with E-state index >= 15 is 0 Å². The van der Waals surface area contributed by atoms with Crippen LogP contribution >= 0.6 is 0 Å². The largest absolute Gasteiger partial charge is 0.395 e. The van der Waals surface area contributed by atoms with Gasteiger partial charge < -0.3 is 27.4 Å². The molecule has 0 spiro atoms. The van der Waals surface area contributed by atoms with E-state index in [0.29, 0.717) is 12.9 Å². The van der Waals surface area contributed by atoms with Crippen LogP contribution in [0.15, 0.2) is 0 Å². The van der Waals surface area contributed by atoms with Crippen molar-refractivity contribution in [1.82, 2.24) is 0 Å². The van der Waals surface area contributed by atoms with Gasteiger partial charge in [0.05, 0.1) is 0 Å². The summed E-state index contributed by atoms with van der Waals surface area (Å²) in [6, 6.07) is 0. The van der Waals surface area contributed by atoms with Gasteiger partial charge in [-0.05, 0) is 10.8 Å². The second-order valence-electron chi connectivity index (χ2n) is 9.34. The molecule has 0 aromatic rings. The minimum Gasteiger partial charge on any atom is -0.395 e. The Kier molecular flexibility index (Phi) is 11.3. The number of rotatable bonds is 3. The summed E-state index contributed by atoms with van der Waals surface area (Å²) in [6.07, 6.45) is 6.60. The Morgan fingerprint density at radius 3 is 1.52 bits per heavy atom. The van der Waals surface area contributed by atoms with Crippen molar-refractivity contribution >= 4 is 0 Å². The first-order chi connectivity index (χ1) is 10.3. The molecule has 2 atom stereocenters. The number of methoxy groups -OCH3 is 1. The fourth-order valence-electron chi connectivity index (χ4n) is 3.19. The summed E-state index contributed by atoms with van der Waals surface area (Å²) in [6.45, 7) is 18.1. The molecule has 0 aliphatic heterocycles. The molecular formula is C20H38O3V2-2. The molecule has 0 aromatic carbocycles. The molecule has 5 heteroatoms. The third kappa shape index (κ3) is 6.01. The smallest absolute Gasteiger partial charge is 0.146 e. The van der Waals surface area contributed by atoms with E-state index in [9.17, 15) is 5.11 Å². The maximum Gasteiger partial charge on any atom is 0.146 e. The third-order valence-corrected chi connectivity index (χ3v) is 7.04. The molecule has 3 nitrogen and oxygen atoms in total. The molecule has 2 rings (SSSR count). The molecule has 2 aliphatic carbocycles. The number of hydrogen-bond donors (Lipinski definition) is 1. The minimum atomic E-state index is -0.150. The van der Waals surface area contributed by atoms with Gasteiger partial charge in [0.2, 0.25) is 0 Å². The minimum absolute atomic E-state index is 0. The van der Waals surface area contributed by atoms with E-state index in [0.717, 1.165) is 12.8 Å². The van der Waals surface area contributed by atoms with Crippen molar-refractivity contribution in [3.63, 3.8) is 0 Å². The van der Waals surface area contributed by atoms with Crippen molar-refractivity contribution in [2.75, 3.05) is 13.9 Å². The van der Waals surface area contributed by atoms with Crippen LogP contribution in [-0.2, 0) is 46.6 Å². The van der Waals surface area contributed by atoms with Crippen LogP contribution in [-0.4, -0.2) is 31.2 Å². The summed E-state index contributed by atoms with van der Waals surface area (Å²) < 4.78 is 10.6. The van der Waals surface area contributed by atoms with E-state index in [-0.39, 0.29) is 64.9 Å². The Bertz CT molecular complexity index is 392. The summed E-state index contributed by atoms with van der Waals surface area (Å²) >= 11 is 0. The van der Waals surface area contributed by atoms with Crippen molar-refractivity contribution in [3.05, 3.63) is 12.8 Å². The van der Waals surface area contributed by atoms with E-state index in [1.54, 1.807) is 7.11 Å². The number of ether oxygens (including phenoxy) is 2. The molecule has 2 unspecified atom stereocenters. The van der Waals surface area contributed by atoms with Gasteiger partial charge in [0.15, 0.2) is 0 Å². The zero-order valence-corrected chi connectivity index (χ0v) is 20.4. The molecule has 0 bridgehead atoms. The van der Waals surface area contributed by atoms with E-state index in [1.165, 1.54) is 0 Å². The quantitative estimate of drug-likeness (QED) is 0.526. The average Bonchev–Trinajstić information content (AvgIpc) is 2.74. The van der Waals surface area contributed by atoms with Gasteiger partial charge in [0, 0.05) is 56.4 Å². The van der Waals surface area contributed by atoms with Gasteiger partial charge in [-0.25, -0.2) is 0 Å². The fraction of sp³-hybridized carbons (Fsp3) is 0.900. The van der Waals surface area contributed by atoms with E-state index in [1.807, 2.05) is 0 Å². The summed E-state index contributed by atoms with van der Waals surface area (Å²) in [7, 11) is 1.66. The first-order valence-corrected chi connectivity index (χ1v) is 8.77. The molecule has 0 heterocycles. The number of aliphatic hydroxyl groups is 1. The second kappa shape index (κ2) is 10.0. The summed E-state index contributed by atoms with van der Waals surface area (Å²) in [4.78, 5) is 0. The Morgan fingerprint density at radius 2 is 1.28 bits per heavy atom. The van der Waals surface area contributed by atoms with Crippen LogP contribution in [0.5, 0.6) is 0 Å². The van der Waals surface area contributed by atoms with Crippen LogP contribution in [0.25, 0.3) is 0 Å². The van der Waals surface area contributed by atoms with E-state index in [2.05, 4.69) is 68.2 Å². The van der Waals surface area contributed by atoms with Gasteiger partial charge in [0.25, 0.3) is 0 Å². The van der Waals surface area contributed by atoms with Crippen LogP contribution in [0, 0.1) is 34.5 Å². The predicted octanol–water partition coefficient (Wildman–Crippen LogP) is 4.64. The van der Waals surface area contributed by atoms with Crippen molar-refractivity contribution in [2.24, 2.45) is 21.7 Å². The molecule has 2 radical (unpaired) electrons. The molecule has 2 fully saturated rings. The second-order valence-corrected chi connectivity index (χ2v) is 9.34. The number of hydrogen-bond acceptors (Lipinski definition) is 3. The maximum absolute atomic E-state index is 9.56.